The fourth-order valence-electron chi connectivity index (χ4n) is 3.27. The van der Waals surface area contributed by atoms with E-state index >= 15 is 0 Å². The molecule has 1 heterocycles. The van der Waals surface area contributed by atoms with E-state index in [1.807, 2.05) is 0 Å². The van der Waals surface area contributed by atoms with Gasteiger partial charge in [0.2, 0.25) is 15.9 Å². The number of carbonyl (C=O) groups excluding carboxylic acids is 2. The largest absolute Gasteiger partial charge is 0.496 e. The molecule has 0 aliphatic carbocycles. The molecule has 0 aromatic heterocycles. The number of sulfonamides is 1. The smallest absolute Gasteiger partial charge is 0.231 e. The highest BCUT2D eigenvalue weighted by Crippen LogP contribution is 2.38. The lowest BCUT2D eigenvalue weighted by atomic mass is 9.82. The Morgan fingerprint density at radius 1 is 1.12 bits per heavy atom. The van der Waals surface area contributed by atoms with Gasteiger partial charge in [0.15, 0.2) is 5.78 Å². The van der Waals surface area contributed by atoms with Crippen molar-refractivity contribution < 1.29 is 35.1 Å². The molecule has 0 radical (unpaired) electrons. The quantitative estimate of drug-likeness (QED) is 0.484. The summed E-state index contributed by atoms with van der Waals surface area (Å²) in [4.78, 5) is 24.5. The highest BCUT2D eigenvalue weighted by Gasteiger charge is 2.26. The van der Waals surface area contributed by atoms with E-state index in [-0.39, 0.29) is 22.4 Å². The van der Waals surface area contributed by atoms with Crippen molar-refractivity contribution in [2.75, 3.05) is 18.1 Å². The molecule has 0 atom stereocenters. The van der Waals surface area contributed by atoms with Crippen LogP contribution in [0, 0.1) is 0 Å². The summed E-state index contributed by atoms with van der Waals surface area (Å²) in [6, 6.07) is 8.45. The number of rotatable bonds is 6. The van der Waals surface area contributed by atoms with Crippen molar-refractivity contribution in [1.82, 2.24) is 5.32 Å². The van der Waals surface area contributed by atoms with Gasteiger partial charge in [-0.3, -0.25) is 14.3 Å². The summed E-state index contributed by atoms with van der Waals surface area (Å²) in [6.45, 7) is -10.8. The van der Waals surface area contributed by atoms with Crippen LogP contribution in [0.1, 0.15) is 61.6 Å². The topological polar surface area (TPSA) is 102 Å². The minimum absolute atomic E-state index is 0.0368. The van der Waals surface area contributed by atoms with Crippen LogP contribution in [0.2, 0.25) is 0 Å². The average Bonchev–Trinajstić information content (AvgIpc) is 2.80. The van der Waals surface area contributed by atoms with E-state index in [4.69, 9.17) is 17.1 Å². The first-order valence-electron chi connectivity index (χ1n) is 14.1. The van der Waals surface area contributed by atoms with Crippen LogP contribution in [0.3, 0.4) is 0 Å². The molecule has 0 unspecified atom stereocenters. The van der Waals surface area contributed by atoms with Gasteiger partial charge in [0.25, 0.3) is 0 Å². The van der Waals surface area contributed by atoms with Crippen LogP contribution >= 0.6 is 0 Å². The standard InChI is InChI=1S/C25H28N2O5S/c1-25(2,3)21-13-18(20-15-26-23(29)14-22(20)28)12-17(24(21)32-4)9-6-16-7-10-19(11-8-16)27-33(5,30)31/h6-13,15,27H,14H2,1-5H3,(H,26,29)/b9-6+/i1D3,2D3,3D3. The summed E-state index contributed by atoms with van der Waals surface area (Å²) in [6.07, 6.45) is 4.46. The molecular weight excluding hydrogens is 440 g/mol. The lowest BCUT2D eigenvalue weighted by molar-refractivity contribution is -0.125. The first-order chi connectivity index (χ1) is 19.1. The number of allylic oxidation sites excluding steroid dienone is 1. The first kappa shape index (κ1) is 14.7. The fraction of sp³-hybridized carbons (Fsp3) is 0.280. The number of benzene rings is 2. The van der Waals surface area contributed by atoms with Crippen molar-refractivity contribution in [3.8, 4) is 5.75 Å². The Bertz CT molecular complexity index is 1520. The molecule has 33 heavy (non-hydrogen) atoms. The number of ether oxygens (including phenoxy) is 1. The van der Waals surface area contributed by atoms with Gasteiger partial charge in [0, 0.05) is 40.9 Å². The second-order valence-electron chi connectivity index (χ2n) is 7.45. The molecule has 1 aliphatic heterocycles. The van der Waals surface area contributed by atoms with Crippen LogP contribution in [0.25, 0.3) is 17.7 Å². The molecule has 0 saturated carbocycles. The Hall–Kier alpha value is -3.39. The van der Waals surface area contributed by atoms with Crippen molar-refractivity contribution in [1.29, 1.82) is 0 Å². The van der Waals surface area contributed by atoms with Gasteiger partial charge in [-0.25, -0.2) is 8.42 Å². The molecule has 0 spiro atoms. The number of hydrogen-bond donors (Lipinski definition) is 2. The third-order valence-corrected chi connectivity index (χ3v) is 5.31. The first-order valence-corrected chi connectivity index (χ1v) is 11.5. The van der Waals surface area contributed by atoms with E-state index in [1.165, 1.54) is 30.4 Å². The third kappa shape index (κ3) is 6.10. The maximum absolute atomic E-state index is 12.8. The number of hydrogen-bond acceptors (Lipinski definition) is 5. The van der Waals surface area contributed by atoms with Gasteiger partial charge in [0.1, 0.15) is 5.75 Å². The van der Waals surface area contributed by atoms with Gasteiger partial charge < -0.3 is 10.1 Å². The predicted molar refractivity (Wildman–Crippen MR) is 131 cm³/mol. The Labute approximate surface area is 207 Å². The van der Waals surface area contributed by atoms with Crippen LogP contribution in [0.4, 0.5) is 5.69 Å². The van der Waals surface area contributed by atoms with E-state index in [0.29, 0.717) is 11.3 Å². The molecule has 2 aromatic carbocycles. The molecule has 0 fully saturated rings. The van der Waals surface area contributed by atoms with Crippen molar-refractivity contribution in [2.24, 2.45) is 0 Å². The van der Waals surface area contributed by atoms with Crippen LogP contribution in [0.5, 0.6) is 5.75 Å². The summed E-state index contributed by atoms with van der Waals surface area (Å²) in [5.41, 5.74) is -3.42. The Morgan fingerprint density at radius 2 is 1.82 bits per heavy atom. The van der Waals surface area contributed by atoms with Gasteiger partial charge in [-0.05, 0) is 40.8 Å². The average molecular weight is 478 g/mol. The molecule has 3 rings (SSSR count). The zero-order chi connectivity index (χ0) is 31.9. The summed E-state index contributed by atoms with van der Waals surface area (Å²) in [5, 5.41) is 2.38. The number of ketones is 1. The zero-order valence-corrected chi connectivity index (χ0v) is 18.7. The molecule has 0 saturated heterocycles. The summed E-state index contributed by atoms with van der Waals surface area (Å²) >= 11 is 0. The maximum atomic E-state index is 12.8. The molecular formula is C25H28N2O5S. The summed E-state index contributed by atoms with van der Waals surface area (Å²) < 4.78 is 104. The summed E-state index contributed by atoms with van der Waals surface area (Å²) in [7, 11) is -2.39. The lowest BCUT2D eigenvalue weighted by Crippen LogP contribution is -2.27. The van der Waals surface area contributed by atoms with E-state index < -0.39 is 59.7 Å². The third-order valence-electron chi connectivity index (χ3n) is 4.71. The van der Waals surface area contributed by atoms with E-state index in [0.717, 1.165) is 25.6 Å². The molecule has 1 amide bonds. The minimum atomic E-state index is -3.61. The van der Waals surface area contributed by atoms with Crippen molar-refractivity contribution in [3.05, 3.63) is 64.9 Å². The van der Waals surface area contributed by atoms with Crippen LogP contribution in [0.15, 0.2) is 42.6 Å². The normalized spacial score (nSPS) is 19.9. The molecule has 8 heteroatoms. The van der Waals surface area contributed by atoms with Gasteiger partial charge in [-0.15, -0.1) is 0 Å². The second kappa shape index (κ2) is 9.23. The van der Waals surface area contributed by atoms with Gasteiger partial charge in [-0.1, -0.05) is 44.8 Å². The van der Waals surface area contributed by atoms with E-state index in [2.05, 4.69) is 10.0 Å². The molecule has 0 bridgehead atoms. The minimum Gasteiger partial charge on any atom is -0.496 e. The zero-order valence-electron chi connectivity index (χ0n) is 26.9. The highest BCUT2D eigenvalue weighted by atomic mass is 32.2. The highest BCUT2D eigenvalue weighted by molar-refractivity contribution is 7.92. The molecule has 174 valence electrons. The Kier molecular flexibility index (Phi) is 4.11. The number of nitrogens with one attached hydrogen (secondary N) is 2. The van der Waals surface area contributed by atoms with Gasteiger partial charge in [0.05, 0.1) is 19.8 Å². The lowest BCUT2D eigenvalue weighted by Gasteiger charge is -2.25. The van der Waals surface area contributed by atoms with Crippen molar-refractivity contribution >= 4 is 45.1 Å². The number of amides is 1. The molecule has 2 aromatic rings. The van der Waals surface area contributed by atoms with Crippen molar-refractivity contribution in [2.45, 2.75) is 32.4 Å². The summed E-state index contributed by atoms with van der Waals surface area (Å²) in [5.74, 6) is -1.60. The predicted octanol–water partition coefficient (Wildman–Crippen LogP) is 3.96. The van der Waals surface area contributed by atoms with Crippen molar-refractivity contribution in [3.63, 3.8) is 0 Å². The molecule has 7 nitrogen and oxygen atoms in total. The van der Waals surface area contributed by atoms with Crippen LogP contribution < -0.4 is 14.8 Å². The Morgan fingerprint density at radius 3 is 2.39 bits per heavy atom. The van der Waals surface area contributed by atoms with Crippen LogP contribution in [-0.4, -0.2) is 33.5 Å². The maximum Gasteiger partial charge on any atom is 0.231 e. The van der Waals surface area contributed by atoms with E-state index in [9.17, 15) is 18.0 Å². The second-order valence-corrected chi connectivity index (χ2v) is 9.20. The number of anilines is 1. The van der Waals surface area contributed by atoms with Crippen LogP contribution in [-0.2, 0) is 25.0 Å². The number of methoxy groups -OCH3 is 1. The molecule has 2 N–H and O–H groups in total. The number of carbonyl (C=O) groups is 2. The van der Waals surface area contributed by atoms with E-state index in [1.54, 1.807) is 12.1 Å². The molecule has 1 aliphatic rings. The monoisotopic (exact) mass is 477 g/mol. The number of Topliss-reactive ketones (excluding diaryl/α,β-unsaturated/α-hetero) is 1. The SMILES string of the molecule is [2H]C([2H])([2H])C(c1cc(C2=CNC(=O)CC2=O)cc(/C=C/c2ccc(NS(C)(=O)=O)cc2)c1OC)(C([2H])([2H])[2H])C([2H])([2H])[2H]. The van der Waals surface area contributed by atoms with Gasteiger partial charge in [-0.2, -0.15) is 0 Å². The van der Waals surface area contributed by atoms with Gasteiger partial charge >= 0.3 is 0 Å². The Balaban J connectivity index is 2.37. The fourth-order valence-corrected chi connectivity index (χ4v) is 3.83.